The first kappa shape index (κ1) is 25.7. The van der Waals surface area contributed by atoms with E-state index < -0.39 is 41.6 Å². The molecule has 1 amide bonds. The molecule has 0 unspecified atom stereocenters. The Balaban J connectivity index is 2.01. The summed E-state index contributed by atoms with van der Waals surface area (Å²) in [5.74, 6) is -0.709. The molecule has 0 atom stereocenters. The number of carbonyl (C=O) groups excluding carboxylic acids is 1. The van der Waals surface area contributed by atoms with E-state index in [1.807, 2.05) is 0 Å². The van der Waals surface area contributed by atoms with Crippen LogP contribution in [0.1, 0.15) is 39.0 Å². The minimum absolute atomic E-state index is 0.00465. The average Bonchev–Trinajstić information content (AvgIpc) is 3.35. The molecule has 13 heteroatoms. The summed E-state index contributed by atoms with van der Waals surface area (Å²) in [6.45, 7) is 6.00. The van der Waals surface area contributed by atoms with Gasteiger partial charge in [-0.2, -0.15) is 18.3 Å². The molecule has 0 bridgehead atoms. The molecule has 3 aromatic heterocycles. The number of nitrogens with zero attached hydrogens (tertiary/aromatic N) is 4. The number of carbonyl (C=O) groups is 1. The minimum Gasteiger partial charge on any atom is -0.443 e. The minimum atomic E-state index is -4.82. The molecule has 4 rings (SSSR count). The molecule has 3 heterocycles. The second-order valence-electron chi connectivity index (χ2n) is 8.98. The first-order chi connectivity index (χ1) is 16.7. The zero-order chi connectivity index (χ0) is 26.6. The smallest absolute Gasteiger partial charge is 0.435 e. The molecule has 8 nitrogen and oxygen atoms in total. The maximum absolute atomic E-state index is 14.9. The van der Waals surface area contributed by atoms with Crippen molar-refractivity contribution in [3.8, 4) is 5.69 Å². The van der Waals surface area contributed by atoms with Gasteiger partial charge in [0.05, 0.1) is 40.1 Å². The van der Waals surface area contributed by atoms with Crippen LogP contribution in [0.3, 0.4) is 0 Å². The highest BCUT2D eigenvalue weighted by Crippen LogP contribution is 2.39. The second kappa shape index (κ2) is 8.93. The van der Waals surface area contributed by atoms with E-state index in [0.717, 1.165) is 23.0 Å². The summed E-state index contributed by atoms with van der Waals surface area (Å²) in [6.07, 6.45) is -3.32. The van der Waals surface area contributed by atoms with E-state index >= 15 is 0 Å². The van der Waals surface area contributed by atoms with Crippen LogP contribution in [-0.2, 0) is 17.5 Å². The molecule has 0 aliphatic rings. The van der Waals surface area contributed by atoms with Crippen molar-refractivity contribution in [3.63, 3.8) is 0 Å². The van der Waals surface area contributed by atoms with Crippen LogP contribution >= 0.6 is 11.6 Å². The fraction of sp³-hybridized carbons (Fsp3) is 0.348. The molecular weight excluding hydrogens is 506 g/mol. The van der Waals surface area contributed by atoms with Crippen LogP contribution in [0, 0.1) is 5.82 Å². The van der Waals surface area contributed by atoms with Crippen LogP contribution in [0.2, 0.25) is 5.02 Å². The molecule has 192 valence electrons. The molecule has 36 heavy (non-hydrogen) atoms. The Morgan fingerprint density at radius 3 is 2.53 bits per heavy atom. The molecular formula is C23H22ClF4N5O3. The fourth-order valence-corrected chi connectivity index (χ4v) is 4.13. The second-order valence-corrected chi connectivity index (χ2v) is 9.39. The van der Waals surface area contributed by atoms with Crippen molar-refractivity contribution < 1.29 is 32.2 Å². The van der Waals surface area contributed by atoms with E-state index in [0.29, 0.717) is 5.52 Å². The number of alkyl halides is 3. The fourth-order valence-electron chi connectivity index (χ4n) is 3.90. The quantitative estimate of drug-likeness (QED) is 0.319. The monoisotopic (exact) mass is 527 g/mol. The number of fused-ring (bicyclic) bond motifs is 3. The zero-order valence-electron chi connectivity index (χ0n) is 19.7. The number of pyridine rings is 1. The molecule has 0 spiro atoms. The van der Waals surface area contributed by atoms with Crippen molar-refractivity contribution in [1.82, 2.24) is 19.7 Å². The molecule has 0 aliphatic carbocycles. The van der Waals surface area contributed by atoms with Crippen molar-refractivity contribution in [2.45, 2.75) is 46.1 Å². The van der Waals surface area contributed by atoms with Gasteiger partial charge in [-0.25, -0.2) is 18.9 Å². The first-order valence-corrected chi connectivity index (χ1v) is 11.2. The van der Waals surface area contributed by atoms with Gasteiger partial charge in [0.2, 0.25) is 0 Å². The predicted octanol–water partition coefficient (Wildman–Crippen LogP) is 5.97. The standard InChI is InChI=1S/C23H22ClF4N5O3/c1-5-32(21(35)36-22(2,3)4)15-7-12(25)6-13-16-18(14(24)8-29-20(16)30-17(13)15)33-9-11(10-34)19(31-33)23(26,27)28/h6-9,34H,5,10H2,1-4H3,(H,29,30). The zero-order valence-corrected chi connectivity index (χ0v) is 20.4. The first-order valence-electron chi connectivity index (χ1n) is 10.8. The third kappa shape index (κ3) is 4.58. The number of rotatable bonds is 4. The Labute approximate surface area is 207 Å². The maximum atomic E-state index is 14.9. The van der Waals surface area contributed by atoms with E-state index in [2.05, 4.69) is 15.1 Å². The van der Waals surface area contributed by atoms with Crippen molar-refractivity contribution >= 4 is 45.3 Å². The molecule has 2 N–H and O–H groups in total. The highest BCUT2D eigenvalue weighted by atomic mass is 35.5. The number of benzene rings is 1. The van der Waals surface area contributed by atoms with Crippen LogP contribution in [0.25, 0.3) is 27.6 Å². The number of aromatic nitrogens is 4. The maximum Gasteiger partial charge on any atom is 0.435 e. The molecule has 0 saturated carbocycles. The number of aliphatic hydroxyl groups is 1. The summed E-state index contributed by atoms with van der Waals surface area (Å²) >= 11 is 6.35. The van der Waals surface area contributed by atoms with Gasteiger partial charge in [-0.15, -0.1) is 0 Å². The van der Waals surface area contributed by atoms with Crippen LogP contribution in [0.4, 0.5) is 28.0 Å². The van der Waals surface area contributed by atoms with Crippen molar-refractivity contribution in [1.29, 1.82) is 0 Å². The largest absolute Gasteiger partial charge is 0.443 e. The van der Waals surface area contributed by atoms with Crippen molar-refractivity contribution in [2.75, 3.05) is 11.4 Å². The Morgan fingerprint density at radius 2 is 1.97 bits per heavy atom. The van der Waals surface area contributed by atoms with Gasteiger partial charge in [-0.05, 0) is 39.8 Å². The Morgan fingerprint density at radius 1 is 1.28 bits per heavy atom. The molecule has 0 saturated heterocycles. The van der Waals surface area contributed by atoms with Crippen molar-refractivity contribution in [2.24, 2.45) is 0 Å². The lowest BCUT2D eigenvalue weighted by Crippen LogP contribution is -2.37. The van der Waals surface area contributed by atoms with Gasteiger partial charge >= 0.3 is 12.3 Å². The summed E-state index contributed by atoms with van der Waals surface area (Å²) in [7, 11) is 0. The van der Waals surface area contributed by atoms with Gasteiger partial charge in [0, 0.05) is 23.7 Å². The molecule has 0 radical (unpaired) electrons. The Bertz CT molecular complexity index is 1470. The lowest BCUT2D eigenvalue weighted by atomic mass is 10.1. The van der Waals surface area contributed by atoms with Crippen molar-refractivity contribution in [3.05, 3.63) is 46.6 Å². The third-order valence-corrected chi connectivity index (χ3v) is 5.56. The Kier molecular flexibility index (Phi) is 6.38. The number of hydrogen-bond donors (Lipinski definition) is 2. The normalized spacial score (nSPS) is 12.5. The van der Waals surface area contributed by atoms with Gasteiger partial charge in [0.15, 0.2) is 5.69 Å². The lowest BCUT2D eigenvalue weighted by Gasteiger charge is -2.27. The number of halogens is 5. The van der Waals surface area contributed by atoms with Gasteiger partial charge in [-0.1, -0.05) is 11.6 Å². The number of amides is 1. The van der Waals surface area contributed by atoms with Crippen LogP contribution in [-0.4, -0.2) is 43.1 Å². The van der Waals surface area contributed by atoms with E-state index in [-0.39, 0.29) is 39.4 Å². The van der Waals surface area contributed by atoms with Gasteiger partial charge in [-0.3, -0.25) is 4.90 Å². The number of H-pyrrole nitrogens is 1. The lowest BCUT2D eigenvalue weighted by molar-refractivity contribution is -0.142. The van der Waals surface area contributed by atoms with E-state index in [1.165, 1.54) is 11.1 Å². The average molecular weight is 528 g/mol. The summed E-state index contributed by atoms with van der Waals surface area (Å²) < 4.78 is 61.6. The highest BCUT2D eigenvalue weighted by molar-refractivity contribution is 6.34. The highest BCUT2D eigenvalue weighted by Gasteiger charge is 2.37. The van der Waals surface area contributed by atoms with Gasteiger partial charge in [0.1, 0.15) is 17.1 Å². The van der Waals surface area contributed by atoms with Gasteiger partial charge < -0.3 is 14.8 Å². The predicted molar refractivity (Wildman–Crippen MR) is 126 cm³/mol. The third-order valence-electron chi connectivity index (χ3n) is 5.28. The summed E-state index contributed by atoms with van der Waals surface area (Å²) in [6, 6.07) is 2.30. The number of nitrogens with one attached hydrogen (secondary N) is 1. The van der Waals surface area contributed by atoms with Crippen LogP contribution in [0.5, 0.6) is 0 Å². The SMILES string of the molecule is CCN(C(=O)OC(C)(C)C)c1cc(F)cc2c1[nH]c1ncc(Cl)c(-n3cc(CO)c(C(F)(F)F)n3)c12. The van der Waals surface area contributed by atoms with E-state index in [9.17, 15) is 27.5 Å². The number of hydrogen-bond acceptors (Lipinski definition) is 5. The number of aromatic amines is 1. The summed E-state index contributed by atoms with van der Waals surface area (Å²) in [5, 5.41) is 13.4. The van der Waals surface area contributed by atoms with E-state index in [1.54, 1.807) is 27.7 Å². The van der Waals surface area contributed by atoms with E-state index in [4.69, 9.17) is 16.3 Å². The summed E-state index contributed by atoms with van der Waals surface area (Å²) in [5.41, 5.74) is -1.94. The topological polar surface area (TPSA) is 96.3 Å². The Hall–Kier alpha value is -3.38. The molecule has 1 aromatic carbocycles. The summed E-state index contributed by atoms with van der Waals surface area (Å²) in [4.78, 5) is 21.3. The number of anilines is 1. The molecule has 0 fully saturated rings. The number of ether oxygens (including phenoxy) is 1. The molecule has 0 aliphatic heterocycles. The van der Waals surface area contributed by atoms with Gasteiger partial charge in [0.25, 0.3) is 0 Å². The van der Waals surface area contributed by atoms with Crippen LogP contribution in [0.15, 0.2) is 24.5 Å². The number of aliphatic hydroxyl groups excluding tert-OH is 1. The molecule has 4 aromatic rings. The van der Waals surface area contributed by atoms with Crippen LogP contribution < -0.4 is 4.90 Å².